The van der Waals surface area contributed by atoms with E-state index in [9.17, 15) is 9.90 Å². The molecule has 0 aromatic heterocycles. The minimum absolute atomic E-state index is 0.115. The Balaban J connectivity index is 1.77. The quantitative estimate of drug-likeness (QED) is 0.340. The molecule has 3 aromatic carbocycles. The van der Waals surface area contributed by atoms with Crippen molar-refractivity contribution in [3.63, 3.8) is 0 Å². The van der Waals surface area contributed by atoms with E-state index in [0.717, 1.165) is 20.8 Å². The molecule has 0 heterocycles. The standard InChI is InChI=1S/C21H17BrCl2N2O3/c1-2-29-18-10-17(23)20(24)15(21(18)28)11-25-26-19(27)9-12-7-8-16(22)14-6-4-3-5-13(12)14/h3-8,10-11,28H,2,9H2,1H3,(H,26,27)/b25-11-. The zero-order valence-corrected chi connectivity index (χ0v) is 18.5. The highest BCUT2D eigenvalue weighted by atomic mass is 79.9. The molecule has 29 heavy (non-hydrogen) atoms. The Morgan fingerprint density at radius 1 is 1.24 bits per heavy atom. The Morgan fingerprint density at radius 3 is 2.69 bits per heavy atom. The molecule has 0 saturated carbocycles. The van der Waals surface area contributed by atoms with E-state index in [1.165, 1.54) is 12.3 Å². The van der Waals surface area contributed by atoms with E-state index < -0.39 is 0 Å². The number of ether oxygens (including phenoxy) is 1. The van der Waals surface area contributed by atoms with Gasteiger partial charge in [-0.3, -0.25) is 4.79 Å². The number of benzene rings is 3. The maximum atomic E-state index is 12.4. The van der Waals surface area contributed by atoms with Crippen LogP contribution < -0.4 is 10.2 Å². The molecule has 1 amide bonds. The molecule has 3 aromatic rings. The van der Waals surface area contributed by atoms with Crippen LogP contribution in [0.3, 0.4) is 0 Å². The first-order valence-electron chi connectivity index (χ1n) is 8.74. The summed E-state index contributed by atoms with van der Waals surface area (Å²) in [7, 11) is 0. The van der Waals surface area contributed by atoms with Gasteiger partial charge in [-0.25, -0.2) is 5.43 Å². The molecule has 0 aliphatic carbocycles. The largest absolute Gasteiger partial charge is 0.504 e. The zero-order chi connectivity index (χ0) is 21.0. The number of hydrogen-bond donors (Lipinski definition) is 2. The monoisotopic (exact) mass is 494 g/mol. The lowest BCUT2D eigenvalue weighted by molar-refractivity contribution is -0.120. The molecule has 0 fully saturated rings. The fourth-order valence-corrected chi connectivity index (χ4v) is 3.73. The second-order valence-corrected chi connectivity index (χ2v) is 7.73. The van der Waals surface area contributed by atoms with Gasteiger partial charge < -0.3 is 9.84 Å². The van der Waals surface area contributed by atoms with Crippen LogP contribution in [0.25, 0.3) is 10.8 Å². The van der Waals surface area contributed by atoms with Crippen LogP contribution in [0.4, 0.5) is 0 Å². The van der Waals surface area contributed by atoms with Crippen molar-refractivity contribution in [3.8, 4) is 11.5 Å². The smallest absolute Gasteiger partial charge is 0.244 e. The summed E-state index contributed by atoms with van der Waals surface area (Å²) in [4.78, 5) is 12.4. The molecule has 0 spiro atoms. The van der Waals surface area contributed by atoms with Gasteiger partial charge in [-0.1, -0.05) is 69.5 Å². The number of halogens is 3. The van der Waals surface area contributed by atoms with Crippen LogP contribution in [-0.4, -0.2) is 23.8 Å². The van der Waals surface area contributed by atoms with Crippen LogP contribution in [0.1, 0.15) is 18.1 Å². The van der Waals surface area contributed by atoms with Crippen molar-refractivity contribution in [3.05, 3.63) is 68.1 Å². The summed E-state index contributed by atoms with van der Waals surface area (Å²) < 4.78 is 6.29. The highest BCUT2D eigenvalue weighted by molar-refractivity contribution is 9.10. The Hall–Kier alpha value is -2.28. The van der Waals surface area contributed by atoms with Crippen molar-refractivity contribution in [2.75, 3.05) is 6.61 Å². The lowest BCUT2D eigenvalue weighted by Crippen LogP contribution is -2.20. The molecule has 0 saturated heterocycles. The molecule has 3 rings (SSSR count). The minimum Gasteiger partial charge on any atom is -0.504 e. The number of amides is 1. The van der Waals surface area contributed by atoms with Gasteiger partial charge in [0.15, 0.2) is 11.5 Å². The normalized spacial score (nSPS) is 11.2. The van der Waals surface area contributed by atoms with Crippen LogP contribution in [0, 0.1) is 0 Å². The number of phenolic OH excluding ortho intramolecular Hbond substituents is 1. The predicted molar refractivity (Wildman–Crippen MR) is 120 cm³/mol. The van der Waals surface area contributed by atoms with Crippen molar-refractivity contribution in [2.45, 2.75) is 13.3 Å². The summed E-state index contributed by atoms with van der Waals surface area (Å²) in [5.41, 5.74) is 3.49. The van der Waals surface area contributed by atoms with Crippen LogP contribution in [-0.2, 0) is 11.2 Å². The number of nitrogens with zero attached hydrogens (tertiary/aromatic N) is 1. The lowest BCUT2D eigenvalue weighted by atomic mass is 10.0. The number of carbonyl (C=O) groups is 1. The molecule has 5 nitrogen and oxygen atoms in total. The summed E-state index contributed by atoms with van der Waals surface area (Å²) in [5.74, 6) is -0.314. The number of aromatic hydroxyl groups is 1. The Labute approximate surface area is 186 Å². The van der Waals surface area contributed by atoms with E-state index in [1.54, 1.807) is 6.92 Å². The van der Waals surface area contributed by atoms with Gasteiger partial charge in [-0.2, -0.15) is 5.10 Å². The second-order valence-electron chi connectivity index (χ2n) is 6.09. The van der Waals surface area contributed by atoms with E-state index >= 15 is 0 Å². The number of phenols is 1. The fraction of sp³-hybridized carbons (Fsp3) is 0.143. The van der Waals surface area contributed by atoms with E-state index in [0.29, 0.717) is 6.61 Å². The first kappa shape index (κ1) is 21.4. The Kier molecular flexibility index (Phi) is 7.00. The fourth-order valence-electron chi connectivity index (χ4n) is 2.86. The topological polar surface area (TPSA) is 70.9 Å². The van der Waals surface area contributed by atoms with Gasteiger partial charge in [-0.15, -0.1) is 0 Å². The van der Waals surface area contributed by atoms with Crippen molar-refractivity contribution >= 4 is 62.0 Å². The second kappa shape index (κ2) is 9.48. The molecule has 0 aliphatic rings. The van der Waals surface area contributed by atoms with E-state index in [1.807, 2.05) is 36.4 Å². The van der Waals surface area contributed by atoms with Crippen LogP contribution >= 0.6 is 39.1 Å². The molecular formula is C21H17BrCl2N2O3. The van der Waals surface area contributed by atoms with Crippen LogP contribution in [0.2, 0.25) is 10.0 Å². The third-order valence-electron chi connectivity index (χ3n) is 4.19. The van der Waals surface area contributed by atoms with E-state index in [2.05, 4.69) is 26.5 Å². The molecule has 8 heteroatoms. The number of fused-ring (bicyclic) bond motifs is 1. The molecule has 0 atom stereocenters. The SMILES string of the molecule is CCOc1cc(Cl)c(Cl)c(/C=N\NC(=O)Cc2ccc(Br)c3ccccc23)c1O. The van der Waals surface area contributed by atoms with Crippen molar-refractivity contribution in [1.82, 2.24) is 5.43 Å². The highest BCUT2D eigenvalue weighted by Gasteiger charge is 2.15. The summed E-state index contributed by atoms with van der Waals surface area (Å²) in [6.07, 6.45) is 1.38. The first-order valence-corrected chi connectivity index (χ1v) is 10.3. The number of rotatable bonds is 6. The van der Waals surface area contributed by atoms with Gasteiger partial charge in [0.2, 0.25) is 5.91 Å². The molecule has 0 bridgehead atoms. The van der Waals surface area contributed by atoms with Crippen LogP contribution in [0.15, 0.2) is 52.0 Å². The Morgan fingerprint density at radius 2 is 1.97 bits per heavy atom. The van der Waals surface area contributed by atoms with Gasteiger partial charge in [0.05, 0.1) is 34.9 Å². The third-order valence-corrected chi connectivity index (χ3v) is 5.68. The molecule has 0 unspecified atom stereocenters. The van der Waals surface area contributed by atoms with Gasteiger partial charge in [-0.05, 0) is 29.3 Å². The summed E-state index contributed by atoms with van der Waals surface area (Å²) >= 11 is 15.7. The third kappa shape index (κ3) is 4.83. The van der Waals surface area contributed by atoms with Crippen molar-refractivity contribution in [2.24, 2.45) is 5.10 Å². The average molecular weight is 496 g/mol. The lowest BCUT2D eigenvalue weighted by Gasteiger charge is -2.11. The maximum Gasteiger partial charge on any atom is 0.244 e. The van der Waals surface area contributed by atoms with Crippen molar-refractivity contribution < 1.29 is 14.6 Å². The number of hydrogen-bond acceptors (Lipinski definition) is 4. The first-order chi connectivity index (χ1) is 13.9. The summed E-state index contributed by atoms with van der Waals surface area (Å²) in [6.45, 7) is 2.13. The van der Waals surface area contributed by atoms with Crippen LogP contribution in [0.5, 0.6) is 11.5 Å². The molecule has 2 N–H and O–H groups in total. The van der Waals surface area contributed by atoms with Gasteiger partial charge in [0, 0.05) is 10.5 Å². The zero-order valence-electron chi connectivity index (χ0n) is 15.4. The van der Waals surface area contributed by atoms with Gasteiger partial charge in [0.1, 0.15) is 0 Å². The van der Waals surface area contributed by atoms with Gasteiger partial charge in [0.25, 0.3) is 0 Å². The molecule has 0 aliphatic heterocycles. The van der Waals surface area contributed by atoms with E-state index in [-0.39, 0.29) is 39.4 Å². The average Bonchev–Trinajstić information content (AvgIpc) is 2.71. The maximum absolute atomic E-state index is 12.4. The van der Waals surface area contributed by atoms with E-state index in [4.69, 9.17) is 27.9 Å². The minimum atomic E-state index is -0.309. The molecule has 150 valence electrons. The highest BCUT2D eigenvalue weighted by Crippen LogP contribution is 2.39. The van der Waals surface area contributed by atoms with Crippen molar-refractivity contribution in [1.29, 1.82) is 0 Å². The Bertz CT molecular complexity index is 1100. The van der Waals surface area contributed by atoms with Gasteiger partial charge >= 0.3 is 0 Å². The number of hydrazone groups is 1. The number of nitrogens with one attached hydrogen (secondary N) is 1. The molecular weight excluding hydrogens is 479 g/mol. The predicted octanol–water partition coefficient (Wildman–Crippen LogP) is 5.71. The number of carbonyl (C=O) groups excluding carboxylic acids is 1. The summed E-state index contributed by atoms with van der Waals surface area (Å²) in [5, 5.41) is 16.5. The summed E-state index contributed by atoms with van der Waals surface area (Å²) in [6, 6.07) is 13.0. The molecule has 0 radical (unpaired) electrons.